The molecule has 1 rings (SSSR count). The molecule has 15 heavy (non-hydrogen) atoms. The SMILES string of the molecule is CC1(C)CCC(C)(C)OC(=O)OC(=O)O1. The molecular weight excluding hydrogens is 200 g/mol. The number of hydrogen-bond donors (Lipinski definition) is 0. The highest BCUT2D eigenvalue weighted by atomic mass is 16.8. The van der Waals surface area contributed by atoms with Crippen molar-refractivity contribution in [2.45, 2.75) is 51.7 Å². The minimum Gasteiger partial charge on any atom is -0.428 e. The van der Waals surface area contributed by atoms with E-state index in [0.717, 1.165) is 0 Å². The molecule has 1 heterocycles. The Bertz CT molecular complexity index is 252. The van der Waals surface area contributed by atoms with Crippen LogP contribution in [0, 0.1) is 0 Å². The van der Waals surface area contributed by atoms with Gasteiger partial charge in [0.15, 0.2) is 0 Å². The van der Waals surface area contributed by atoms with Crippen molar-refractivity contribution >= 4 is 12.3 Å². The van der Waals surface area contributed by atoms with Gasteiger partial charge in [0.1, 0.15) is 11.2 Å². The molecule has 5 heteroatoms. The lowest BCUT2D eigenvalue weighted by Crippen LogP contribution is -2.30. The average Bonchev–Trinajstić information content (AvgIpc) is 1.99. The summed E-state index contributed by atoms with van der Waals surface area (Å²) in [6, 6.07) is 0. The van der Waals surface area contributed by atoms with Crippen LogP contribution in [-0.2, 0) is 14.2 Å². The van der Waals surface area contributed by atoms with E-state index >= 15 is 0 Å². The van der Waals surface area contributed by atoms with Crippen LogP contribution in [0.2, 0.25) is 0 Å². The largest absolute Gasteiger partial charge is 0.519 e. The second-order valence-electron chi connectivity index (χ2n) is 4.83. The summed E-state index contributed by atoms with van der Waals surface area (Å²) in [6.07, 6.45) is -0.824. The van der Waals surface area contributed by atoms with Crippen LogP contribution in [0.25, 0.3) is 0 Å². The number of hydrogen-bond acceptors (Lipinski definition) is 5. The molecule has 0 aromatic carbocycles. The Morgan fingerprint density at radius 2 is 1.20 bits per heavy atom. The molecule has 0 bridgehead atoms. The number of ether oxygens (including phenoxy) is 3. The summed E-state index contributed by atoms with van der Waals surface area (Å²) < 4.78 is 14.2. The molecule has 0 aromatic rings. The van der Waals surface area contributed by atoms with Crippen molar-refractivity contribution < 1.29 is 23.8 Å². The quantitative estimate of drug-likeness (QED) is 0.460. The van der Waals surface area contributed by atoms with Crippen LogP contribution in [0.4, 0.5) is 9.59 Å². The molecule has 86 valence electrons. The molecule has 0 unspecified atom stereocenters. The second-order valence-corrected chi connectivity index (χ2v) is 4.83. The zero-order valence-corrected chi connectivity index (χ0v) is 9.46. The van der Waals surface area contributed by atoms with Crippen molar-refractivity contribution in [3.05, 3.63) is 0 Å². The van der Waals surface area contributed by atoms with Gasteiger partial charge in [0, 0.05) is 0 Å². The summed E-state index contributed by atoms with van der Waals surface area (Å²) in [6.45, 7) is 7.06. The van der Waals surface area contributed by atoms with Gasteiger partial charge in [0.25, 0.3) is 0 Å². The topological polar surface area (TPSA) is 61.8 Å². The first-order valence-corrected chi connectivity index (χ1v) is 4.84. The van der Waals surface area contributed by atoms with Crippen molar-refractivity contribution in [3.63, 3.8) is 0 Å². The van der Waals surface area contributed by atoms with Crippen molar-refractivity contribution in [1.29, 1.82) is 0 Å². The van der Waals surface area contributed by atoms with Crippen LogP contribution in [0.1, 0.15) is 40.5 Å². The van der Waals surface area contributed by atoms with Crippen molar-refractivity contribution in [2.75, 3.05) is 0 Å². The van der Waals surface area contributed by atoms with E-state index in [0.29, 0.717) is 12.8 Å². The maximum absolute atomic E-state index is 11.1. The molecule has 1 aliphatic heterocycles. The van der Waals surface area contributed by atoms with Gasteiger partial charge in [-0.25, -0.2) is 9.59 Å². The van der Waals surface area contributed by atoms with E-state index in [1.807, 2.05) is 0 Å². The Labute approximate surface area is 88.7 Å². The van der Waals surface area contributed by atoms with E-state index < -0.39 is 23.5 Å². The number of cyclic esters (lactones) is 4. The first-order valence-electron chi connectivity index (χ1n) is 4.84. The highest BCUT2D eigenvalue weighted by Gasteiger charge is 2.34. The Hall–Kier alpha value is -1.26. The van der Waals surface area contributed by atoms with E-state index in [9.17, 15) is 9.59 Å². The summed E-state index contributed by atoms with van der Waals surface area (Å²) in [5.74, 6) is 0. The Morgan fingerprint density at radius 1 is 0.867 bits per heavy atom. The lowest BCUT2D eigenvalue weighted by molar-refractivity contribution is -0.0148. The van der Waals surface area contributed by atoms with Gasteiger partial charge in [-0.2, -0.15) is 0 Å². The predicted molar refractivity (Wildman–Crippen MR) is 51.4 cm³/mol. The van der Waals surface area contributed by atoms with Crippen LogP contribution in [0.5, 0.6) is 0 Å². The second kappa shape index (κ2) is 3.72. The molecule has 0 spiro atoms. The van der Waals surface area contributed by atoms with Crippen LogP contribution >= 0.6 is 0 Å². The molecule has 0 radical (unpaired) electrons. The lowest BCUT2D eigenvalue weighted by Gasteiger charge is -2.27. The van der Waals surface area contributed by atoms with Gasteiger partial charge in [-0.15, -0.1) is 0 Å². The minimum absolute atomic E-state index is 0.600. The van der Waals surface area contributed by atoms with Crippen LogP contribution in [0.15, 0.2) is 0 Å². The molecule has 1 fully saturated rings. The van der Waals surface area contributed by atoms with E-state index in [4.69, 9.17) is 9.47 Å². The van der Waals surface area contributed by atoms with Crippen LogP contribution in [0.3, 0.4) is 0 Å². The van der Waals surface area contributed by atoms with Crippen molar-refractivity contribution in [3.8, 4) is 0 Å². The minimum atomic E-state index is -1.01. The third-order valence-corrected chi connectivity index (χ3v) is 2.22. The Kier molecular flexibility index (Phi) is 2.93. The summed E-state index contributed by atoms with van der Waals surface area (Å²) in [7, 11) is 0. The van der Waals surface area contributed by atoms with Crippen LogP contribution < -0.4 is 0 Å². The molecule has 0 amide bonds. The summed E-state index contributed by atoms with van der Waals surface area (Å²) in [4.78, 5) is 22.2. The number of rotatable bonds is 0. The molecule has 5 nitrogen and oxygen atoms in total. The standard InChI is InChI=1S/C10H16O5/c1-9(2)5-6-10(3,4)15-8(12)13-7(11)14-9/h5-6H2,1-4H3. The van der Waals surface area contributed by atoms with E-state index in [-0.39, 0.29) is 0 Å². The smallest absolute Gasteiger partial charge is 0.428 e. The molecule has 1 saturated heterocycles. The fourth-order valence-corrected chi connectivity index (χ4v) is 1.27. The summed E-state index contributed by atoms with van der Waals surface area (Å²) >= 11 is 0. The van der Waals surface area contributed by atoms with Gasteiger partial charge >= 0.3 is 12.3 Å². The molecule has 0 aromatic heterocycles. The fourth-order valence-electron chi connectivity index (χ4n) is 1.27. The third kappa shape index (κ3) is 3.77. The fraction of sp³-hybridized carbons (Fsp3) is 0.800. The average molecular weight is 216 g/mol. The van der Waals surface area contributed by atoms with Gasteiger partial charge in [0.05, 0.1) is 0 Å². The zero-order valence-electron chi connectivity index (χ0n) is 9.46. The van der Waals surface area contributed by atoms with Gasteiger partial charge in [-0.3, -0.25) is 0 Å². The van der Waals surface area contributed by atoms with E-state index in [2.05, 4.69) is 4.74 Å². The maximum atomic E-state index is 11.1. The van der Waals surface area contributed by atoms with Gasteiger partial charge in [0.2, 0.25) is 0 Å². The van der Waals surface area contributed by atoms with Gasteiger partial charge in [-0.1, -0.05) is 0 Å². The molecular formula is C10H16O5. The summed E-state index contributed by atoms with van der Waals surface area (Å²) in [5.41, 5.74) is -1.30. The van der Waals surface area contributed by atoms with Crippen molar-refractivity contribution in [1.82, 2.24) is 0 Å². The number of carbonyl (C=O) groups excluding carboxylic acids is 2. The lowest BCUT2D eigenvalue weighted by atomic mass is 9.94. The highest BCUT2D eigenvalue weighted by Crippen LogP contribution is 2.27. The predicted octanol–water partition coefficient (Wildman–Crippen LogP) is 2.63. The molecule has 0 atom stereocenters. The molecule has 0 N–H and O–H groups in total. The van der Waals surface area contributed by atoms with Crippen LogP contribution in [-0.4, -0.2) is 23.5 Å². The zero-order chi connectivity index (χ0) is 11.7. The first-order chi connectivity index (χ1) is 6.70. The van der Waals surface area contributed by atoms with Gasteiger partial charge < -0.3 is 14.2 Å². The molecule has 1 aliphatic rings. The van der Waals surface area contributed by atoms with E-state index in [1.165, 1.54) is 0 Å². The first kappa shape index (κ1) is 11.8. The Balaban J connectivity index is 2.82. The van der Waals surface area contributed by atoms with Crippen molar-refractivity contribution in [2.24, 2.45) is 0 Å². The molecule has 0 saturated carbocycles. The maximum Gasteiger partial charge on any atom is 0.519 e. The highest BCUT2D eigenvalue weighted by molar-refractivity contribution is 5.77. The number of carbonyl (C=O) groups is 2. The molecule has 0 aliphatic carbocycles. The monoisotopic (exact) mass is 216 g/mol. The van der Waals surface area contributed by atoms with Gasteiger partial charge in [-0.05, 0) is 40.5 Å². The summed E-state index contributed by atoms with van der Waals surface area (Å²) in [5, 5.41) is 0. The van der Waals surface area contributed by atoms with E-state index in [1.54, 1.807) is 27.7 Å². The Morgan fingerprint density at radius 3 is 1.53 bits per heavy atom. The normalized spacial score (nSPS) is 25.1. The third-order valence-electron chi connectivity index (χ3n) is 2.22.